The smallest absolute Gasteiger partial charge is 0.220 e. The van der Waals surface area contributed by atoms with Gasteiger partial charge in [0, 0.05) is 6.42 Å². The fourth-order valence-electron chi connectivity index (χ4n) is 2.34. The van der Waals surface area contributed by atoms with Gasteiger partial charge in [-0.25, -0.2) is 0 Å². The molecule has 1 N–H and O–H groups in total. The van der Waals surface area contributed by atoms with Gasteiger partial charge in [-0.05, 0) is 56.7 Å². The lowest BCUT2D eigenvalue weighted by atomic mass is 10.2. The van der Waals surface area contributed by atoms with Gasteiger partial charge >= 0.3 is 0 Å². The topological polar surface area (TPSA) is 56.8 Å². The molecular weight excluding hydrogens is 330 g/mol. The standard InChI is InChI=1S/C21H27NO4/c1-16-6-8-19(9-7-16)25-14-4-5-21(23)22-17(2)15-26-20-12-10-18(24-3)11-13-20/h6-13,17H,4-5,14-15H2,1-3H3,(H,22,23). The van der Waals surface area contributed by atoms with Gasteiger partial charge in [-0.2, -0.15) is 0 Å². The van der Waals surface area contributed by atoms with Crippen LogP contribution < -0.4 is 19.5 Å². The van der Waals surface area contributed by atoms with Crippen LogP contribution >= 0.6 is 0 Å². The summed E-state index contributed by atoms with van der Waals surface area (Å²) in [6, 6.07) is 15.2. The summed E-state index contributed by atoms with van der Waals surface area (Å²) in [6.07, 6.45) is 1.10. The molecule has 0 aliphatic heterocycles. The molecule has 2 rings (SSSR count). The largest absolute Gasteiger partial charge is 0.497 e. The van der Waals surface area contributed by atoms with Crippen molar-refractivity contribution in [2.45, 2.75) is 32.7 Å². The second kappa shape index (κ2) is 10.3. The SMILES string of the molecule is COc1ccc(OCC(C)NC(=O)CCCOc2ccc(C)cc2)cc1. The summed E-state index contributed by atoms with van der Waals surface area (Å²) >= 11 is 0. The van der Waals surface area contributed by atoms with Gasteiger partial charge in [0.1, 0.15) is 23.9 Å². The van der Waals surface area contributed by atoms with E-state index in [2.05, 4.69) is 5.32 Å². The van der Waals surface area contributed by atoms with Crippen LogP contribution in [0.4, 0.5) is 0 Å². The molecule has 26 heavy (non-hydrogen) atoms. The summed E-state index contributed by atoms with van der Waals surface area (Å²) in [5, 5.41) is 2.93. The Bertz CT molecular complexity index is 667. The van der Waals surface area contributed by atoms with E-state index >= 15 is 0 Å². The molecule has 1 atom stereocenters. The van der Waals surface area contributed by atoms with Crippen molar-refractivity contribution in [3.05, 3.63) is 54.1 Å². The van der Waals surface area contributed by atoms with Crippen LogP contribution in [0.5, 0.6) is 17.2 Å². The summed E-state index contributed by atoms with van der Waals surface area (Å²) in [5.74, 6) is 2.37. The monoisotopic (exact) mass is 357 g/mol. The minimum Gasteiger partial charge on any atom is -0.497 e. The van der Waals surface area contributed by atoms with Gasteiger partial charge in [0.15, 0.2) is 0 Å². The predicted molar refractivity (Wildman–Crippen MR) is 102 cm³/mol. The van der Waals surface area contributed by atoms with Gasteiger partial charge in [0.25, 0.3) is 0 Å². The van der Waals surface area contributed by atoms with Crippen molar-refractivity contribution < 1.29 is 19.0 Å². The third-order valence-electron chi connectivity index (χ3n) is 3.80. The van der Waals surface area contributed by atoms with Crippen molar-refractivity contribution in [2.24, 2.45) is 0 Å². The molecular formula is C21H27NO4. The van der Waals surface area contributed by atoms with E-state index in [-0.39, 0.29) is 11.9 Å². The number of benzene rings is 2. The van der Waals surface area contributed by atoms with Crippen molar-refractivity contribution in [3.63, 3.8) is 0 Å². The Morgan fingerprint density at radius 3 is 2.19 bits per heavy atom. The highest BCUT2D eigenvalue weighted by Crippen LogP contribution is 2.17. The summed E-state index contributed by atoms with van der Waals surface area (Å²) in [5.41, 5.74) is 1.20. The first-order valence-electron chi connectivity index (χ1n) is 8.82. The van der Waals surface area contributed by atoms with Gasteiger partial charge in [0.05, 0.1) is 19.8 Å². The van der Waals surface area contributed by atoms with Crippen LogP contribution in [0.25, 0.3) is 0 Å². The quantitative estimate of drug-likeness (QED) is 0.658. The van der Waals surface area contributed by atoms with E-state index in [1.54, 1.807) is 7.11 Å². The van der Waals surface area contributed by atoms with E-state index in [9.17, 15) is 4.79 Å². The zero-order chi connectivity index (χ0) is 18.8. The number of nitrogens with one attached hydrogen (secondary N) is 1. The highest BCUT2D eigenvalue weighted by Gasteiger charge is 2.08. The molecule has 2 aromatic carbocycles. The Hall–Kier alpha value is -2.69. The minimum atomic E-state index is -0.0670. The van der Waals surface area contributed by atoms with E-state index < -0.39 is 0 Å². The maximum absolute atomic E-state index is 12.0. The molecule has 0 spiro atoms. The Kier molecular flexibility index (Phi) is 7.80. The maximum Gasteiger partial charge on any atom is 0.220 e. The lowest BCUT2D eigenvalue weighted by Gasteiger charge is -2.15. The second-order valence-electron chi connectivity index (χ2n) is 6.22. The van der Waals surface area contributed by atoms with E-state index in [0.717, 1.165) is 17.2 Å². The fraction of sp³-hybridized carbons (Fsp3) is 0.381. The van der Waals surface area contributed by atoms with E-state index in [1.165, 1.54) is 5.56 Å². The van der Waals surface area contributed by atoms with Crippen molar-refractivity contribution in [1.82, 2.24) is 5.32 Å². The van der Waals surface area contributed by atoms with Gasteiger partial charge < -0.3 is 19.5 Å². The van der Waals surface area contributed by atoms with E-state index in [0.29, 0.717) is 26.1 Å². The Morgan fingerprint density at radius 2 is 1.54 bits per heavy atom. The normalized spacial score (nSPS) is 11.5. The first-order valence-corrected chi connectivity index (χ1v) is 8.82. The molecule has 1 unspecified atom stereocenters. The summed E-state index contributed by atoms with van der Waals surface area (Å²) in [4.78, 5) is 12.0. The molecule has 0 heterocycles. The predicted octanol–water partition coefficient (Wildman–Crippen LogP) is 3.75. The molecule has 5 heteroatoms. The van der Waals surface area contributed by atoms with Crippen LogP contribution in [0.2, 0.25) is 0 Å². The van der Waals surface area contributed by atoms with Crippen LogP contribution in [0.15, 0.2) is 48.5 Å². The first-order chi connectivity index (χ1) is 12.6. The number of methoxy groups -OCH3 is 1. The van der Waals surface area contributed by atoms with Crippen LogP contribution in [0.1, 0.15) is 25.3 Å². The molecule has 2 aromatic rings. The van der Waals surface area contributed by atoms with Crippen molar-refractivity contribution in [2.75, 3.05) is 20.3 Å². The molecule has 0 aliphatic rings. The number of rotatable bonds is 10. The van der Waals surface area contributed by atoms with Crippen LogP contribution in [0, 0.1) is 6.92 Å². The van der Waals surface area contributed by atoms with Crippen molar-refractivity contribution in [3.8, 4) is 17.2 Å². The van der Waals surface area contributed by atoms with Gasteiger partial charge in [0.2, 0.25) is 5.91 Å². The van der Waals surface area contributed by atoms with Crippen LogP contribution in [0.3, 0.4) is 0 Å². The third kappa shape index (κ3) is 7.05. The number of hydrogen-bond acceptors (Lipinski definition) is 4. The highest BCUT2D eigenvalue weighted by atomic mass is 16.5. The second-order valence-corrected chi connectivity index (χ2v) is 6.22. The molecule has 0 saturated carbocycles. The number of amides is 1. The van der Waals surface area contributed by atoms with E-state index in [1.807, 2.05) is 62.4 Å². The lowest BCUT2D eigenvalue weighted by molar-refractivity contribution is -0.122. The Labute approximate surface area is 155 Å². The van der Waals surface area contributed by atoms with Gasteiger partial charge in [-0.15, -0.1) is 0 Å². The minimum absolute atomic E-state index is 0.00309. The third-order valence-corrected chi connectivity index (χ3v) is 3.80. The number of carbonyl (C=O) groups is 1. The molecule has 0 saturated heterocycles. The van der Waals surface area contributed by atoms with Gasteiger partial charge in [-0.3, -0.25) is 4.79 Å². The zero-order valence-electron chi connectivity index (χ0n) is 15.7. The molecule has 5 nitrogen and oxygen atoms in total. The molecule has 140 valence electrons. The summed E-state index contributed by atoms with van der Waals surface area (Å²) in [7, 11) is 1.62. The van der Waals surface area contributed by atoms with Crippen molar-refractivity contribution >= 4 is 5.91 Å². The average molecular weight is 357 g/mol. The van der Waals surface area contributed by atoms with E-state index in [4.69, 9.17) is 14.2 Å². The highest BCUT2D eigenvalue weighted by molar-refractivity contribution is 5.76. The molecule has 0 aliphatic carbocycles. The number of ether oxygens (including phenoxy) is 3. The number of carbonyl (C=O) groups excluding carboxylic acids is 1. The zero-order valence-corrected chi connectivity index (χ0v) is 15.7. The molecule has 0 aromatic heterocycles. The first kappa shape index (κ1) is 19.6. The number of hydrogen-bond donors (Lipinski definition) is 1. The van der Waals surface area contributed by atoms with Crippen molar-refractivity contribution in [1.29, 1.82) is 0 Å². The molecule has 0 fully saturated rings. The maximum atomic E-state index is 12.0. The molecule has 0 bridgehead atoms. The van der Waals surface area contributed by atoms with Crippen LogP contribution in [-0.4, -0.2) is 32.3 Å². The van der Waals surface area contributed by atoms with Gasteiger partial charge in [-0.1, -0.05) is 17.7 Å². The lowest BCUT2D eigenvalue weighted by Crippen LogP contribution is -2.36. The number of aryl methyl sites for hydroxylation is 1. The summed E-state index contributed by atoms with van der Waals surface area (Å²) < 4.78 is 16.4. The Morgan fingerprint density at radius 1 is 0.962 bits per heavy atom. The fourth-order valence-corrected chi connectivity index (χ4v) is 2.34. The average Bonchev–Trinajstić information content (AvgIpc) is 2.65. The molecule has 1 amide bonds. The summed E-state index contributed by atoms with van der Waals surface area (Å²) in [6.45, 7) is 4.89. The Balaban J connectivity index is 1.59. The van der Waals surface area contributed by atoms with Crippen LogP contribution in [-0.2, 0) is 4.79 Å². The molecule has 0 radical (unpaired) electrons.